The zero-order chi connectivity index (χ0) is 21.8. The molecular weight excluding hydrogens is 392 g/mol. The largest absolute Gasteiger partial charge is 0.488 e. The van der Waals surface area contributed by atoms with E-state index in [1.807, 2.05) is 62.4 Å². The number of anilines is 1. The van der Waals surface area contributed by atoms with Crippen molar-refractivity contribution in [3.05, 3.63) is 94.6 Å². The minimum atomic E-state index is -0.365. The van der Waals surface area contributed by atoms with Crippen molar-refractivity contribution in [1.82, 2.24) is 14.9 Å². The Morgan fingerprint density at radius 2 is 1.90 bits per heavy atom. The number of carbonyl (C=O) groups excluding carboxylic acids is 1. The molecule has 158 valence electrons. The van der Waals surface area contributed by atoms with Crippen LogP contribution in [0.15, 0.2) is 65.4 Å². The lowest BCUT2D eigenvalue weighted by atomic mass is 10.1. The second kappa shape index (κ2) is 8.87. The Balaban J connectivity index is 1.44. The van der Waals surface area contributed by atoms with Crippen molar-refractivity contribution in [2.24, 2.45) is 0 Å². The fraction of sp³-hybridized carbons (Fsp3) is 0.208. The molecule has 7 heteroatoms. The summed E-state index contributed by atoms with van der Waals surface area (Å²) in [5.74, 6) is 0.958. The lowest BCUT2D eigenvalue weighted by Gasteiger charge is -2.11. The van der Waals surface area contributed by atoms with E-state index in [0.717, 1.165) is 22.4 Å². The summed E-state index contributed by atoms with van der Waals surface area (Å²) >= 11 is 0. The van der Waals surface area contributed by atoms with E-state index >= 15 is 0 Å². The quantitative estimate of drug-likeness (QED) is 0.473. The zero-order valence-corrected chi connectivity index (χ0v) is 17.8. The van der Waals surface area contributed by atoms with Gasteiger partial charge >= 0.3 is 0 Å². The summed E-state index contributed by atoms with van der Waals surface area (Å²) in [7, 11) is 0. The van der Waals surface area contributed by atoms with Gasteiger partial charge in [-0.15, -0.1) is 0 Å². The SMILES string of the molecule is Cc1cccc(OCc2c(C(=O)Nc3cnn(Cc4ccccc4)c3)noc2C)c1C. The summed E-state index contributed by atoms with van der Waals surface area (Å²) in [6.45, 7) is 6.61. The average Bonchev–Trinajstić information content (AvgIpc) is 3.36. The fourth-order valence-electron chi connectivity index (χ4n) is 3.25. The lowest BCUT2D eigenvalue weighted by Crippen LogP contribution is -2.15. The number of amides is 1. The van der Waals surface area contributed by atoms with Gasteiger partial charge in [0, 0.05) is 6.20 Å². The Hall–Kier alpha value is -3.87. The van der Waals surface area contributed by atoms with Crippen molar-refractivity contribution in [3.63, 3.8) is 0 Å². The molecule has 1 amide bonds. The number of nitrogens with zero attached hydrogens (tertiary/aromatic N) is 3. The molecule has 0 atom stereocenters. The maximum atomic E-state index is 12.8. The van der Waals surface area contributed by atoms with Crippen LogP contribution in [-0.2, 0) is 13.2 Å². The predicted octanol–water partition coefficient (Wildman–Crippen LogP) is 4.68. The molecule has 4 rings (SSSR count). The van der Waals surface area contributed by atoms with Gasteiger partial charge in [0.05, 0.1) is 24.0 Å². The molecule has 2 aromatic carbocycles. The van der Waals surface area contributed by atoms with Crippen LogP contribution in [0.25, 0.3) is 0 Å². The van der Waals surface area contributed by atoms with E-state index < -0.39 is 0 Å². The molecule has 0 aliphatic heterocycles. The van der Waals surface area contributed by atoms with Crippen molar-refractivity contribution in [2.45, 2.75) is 33.9 Å². The molecule has 0 saturated carbocycles. The van der Waals surface area contributed by atoms with Crippen molar-refractivity contribution in [3.8, 4) is 5.75 Å². The third-order valence-electron chi connectivity index (χ3n) is 5.21. The van der Waals surface area contributed by atoms with E-state index in [2.05, 4.69) is 15.6 Å². The predicted molar refractivity (Wildman–Crippen MR) is 117 cm³/mol. The number of carbonyl (C=O) groups is 1. The standard InChI is InChI=1S/C24H24N4O3/c1-16-8-7-11-22(17(16)2)30-15-21-18(3)31-27-23(21)24(29)26-20-12-25-28(14-20)13-19-9-5-4-6-10-19/h4-12,14H,13,15H2,1-3H3,(H,26,29). The normalized spacial score (nSPS) is 10.8. The van der Waals surface area contributed by atoms with Crippen LogP contribution in [0, 0.1) is 20.8 Å². The number of ether oxygens (including phenoxy) is 1. The first-order valence-corrected chi connectivity index (χ1v) is 10.0. The number of nitrogens with one attached hydrogen (secondary N) is 1. The van der Waals surface area contributed by atoms with E-state index in [9.17, 15) is 4.79 Å². The number of benzene rings is 2. The first-order chi connectivity index (χ1) is 15.0. The number of hydrogen-bond acceptors (Lipinski definition) is 5. The number of rotatable bonds is 7. The third-order valence-corrected chi connectivity index (χ3v) is 5.21. The van der Waals surface area contributed by atoms with Gasteiger partial charge in [0.1, 0.15) is 18.1 Å². The highest BCUT2D eigenvalue weighted by Crippen LogP contribution is 2.24. The van der Waals surface area contributed by atoms with Crippen molar-refractivity contribution in [2.75, 3.05) is 5.32 Å². The highest BCUT2D eigenvalue weighted by molar-refractivity contribution is 6.03. The van der Waals surface area contributed by atoms with Crippen LogP contribution in [0.1, 0.15) is 38.5 Å². The second-order valence-electron chi connectivity index (χ2n) is 7.42. The highest BCUT2D eigenvalue weighted by atomic mass is 16.5. The molecule has 0 saturated heterocycles. The van der Waals surface area contributed by atoms with Crippen LogP contribution in [0.3, 0.4) is 0 Å². The summed E-state index contributed by atoms with van der Waals surface area (Å²) < 4.78 is 13.0. The number of aryl methyl sites for hydroxylation is 2. The van der Waals surface area contributed by atoms with Crippen LogP contribution < -0.4 is 10.1 Å². The lowest BCUT2D eigenvalue weighted by molar-refractivity contribution is 0.101. The number of hydrogen-bond donors (Lipinski definition) is 1. The van der Waals surface area contributed by atoms with Gasteiger partial charge in [-0.3, -0.25) is 9.48 Å². The van der Waals surface area contributed by atoms with Crippen LogP contribution in [0.2, 0.25) is 0 Å². The monoisotopic (exact) mass is 416 g/mol. The van der Waals surface area contributed by atoms with Gasteiger partial charge in [0.2, 0.25) is 0 Å². The van der Waals surface area contributed by atoms with Crippen molar-refractivity contribution < 1.29 is 14.1 Å². The Kier molecular flexibility index (Phi) is 5.84. The van der Waals surface area contributed by atoms with E-state index in [-0.39, 0.29) is 18.2 Å². The van der Waals surface area contributed by atoms with Crippen LogP contribution >= 0.6 is 0 Å². The summed E-state index contributed by atoms with van der Waals surface area (Å²) in [5.41, 5.74) is 4.75. The summed E-state index contributed by atoms with van der Waals surface area (Å²) in [6.07, 6.45) is 3.39. The van der Waals surface area contributed by atoms with Gasteiger partial charge in [0.25, 0.3) is 5.91 Å². The topological polar surface area (TPSA) is 82.2 Å². The molecule has 0 aliphatic rings. The van der Waals surface area contributed by atoms with Gasteiger partial charge < -0.3 is 14.6 Å². The first kappa shape index (κ1) is 20.4. The third kappa shape index (κ3) is 4.66. The van der Waals surface area contributed by atoms with E-state index in [1.54, 1.807) is 24.0 Å². The molecular formula is C24H24N4O3. The molecule has 31 heavy (non-hydrogen) atoms. The molecule has 0 unspecified atom stereocenters. The van der Waals surface area contributed by atoms with Crippen molar-refractivity contribution in [1.29, 1.82) is 0 Å². The molecule has 0 aliphatic carbocycles. The molecule has 4 aromatic rings. The minimum absolute atomic E-state index is 0.190. The molecule has 0 fully saturated rings. The molecule has 2 heterocycles. The molecule has 0 bridgehead atoms. The van der Waals surface area contributed by atoms with Gasteiger partial charge in [0.15, 0.2) is 5.69 Å². The van der Waals surface area contributed by atoms with E-state index in [1.165, 1.54) is 0 Å². The maximum absolute atomic E-state index is 12.8. The average molecular weight is 416 g/mol. The summed E-state index contributed by atoms with van der Waals surface area (Å²) in [6, 6.07) is 15.9. The smallest absolute Gasteiger partial charge is 0.278 e. The van der Waals surface area contributed by atoms with Crippen LogP contribution in [-0.4, -0.2) is 20.8 Å². The van der Waals surface area contributed by atoms with Crippen molar-refractivity contribution >= 4 is 11.6 Å². The Morgan fingerprint density at radius 3 is 2.71 bits per heavy atom. The second-order valence-corrected chi connectivity index (χ2v) is 7.42. The Labute approximate surface area is 180 Å². The summed E-state index contributed by atoms with van der Waals surface area (Å²) in [5, 5.41) is 11.1. The van der Waals surface area contributed by atoms with Gasteiger partial charge in [-0.2, -0.15) is 5.10 Å². The first-order valence-electron chi connectivity index (χ1n) is 10.0. The van der Waals surface area contributed by atoms with Crippen LogP contribution in [0.5, 0.6) is 5.75 Å². The molecule has 2 aromatic heterocycles. The minimum Gasteiger partial charge on any atom is -0.488 e. The van der Waals surface area contributed by atoms with Gasteiger partial charge in [-0.1, -0.05) is 47.6 Å². The molecule has 1 N–H and O–H groups in total. The Bertz CT molecular complexity index is 1190. The maximum Gasteiger partial charge on any atom is 0.278 e. The number of aromatic nitrogens is 3. The molecule has 0 spiro atoms. The van der Waals surface area contributed by atoms with E-state index in [4.69, 9.17) is 9.26 Å². The van der Waals surface area contributed by atoms with Crippen LogP contribution in [0.4, 0.5) is 5.69 Å². The van der Waals surface area contributed by atoms with Gasteiger partial charge in [-0.05, 0) is 43.5 Å². The van der Waals surface area contributed by atoms with Gasteiger partial charge in [-0.25, -0.2) is 0 Å². The highest BCUT2D eigenvalue weighted by Gasteiger charge is 2.21. The Morgan fingerprint density at radius 1 is 1.10 bits per heavy atom. The van der Waals surface area contributed by atoms with E-state index in [0.29, 0.717) is 23.6 Å². The molecule has 7 nitrogen and oxygen atoms in total. The fourth-order valence-corrected chi connectivity index (χ4v) is 3.25. The molecule has 0 radical (unpaired) electrons. The summed E-state index contributed by atoms with van der Waals surface area (Å²) in [4.78, 5) is 12.8. The zero-order valence-electron chi connectivity index (χ0n) is 17.8.